The molecule has 4 rings (SSSR count). The molecule has 148 valence electrons. The van der Waals surface area contributed by atoms with E-state index in [0.29, 0.717) is 23.2 Å². The molecule has 1 saturated heterocycles. The molecule has 1 aliphatic rings. The fourth-order valence-electron chi connectivity index (χ4n) is 3.87. The minimum absolute atomic E-state index is 0.248. The summed E-state index contributed by atoms with van der Waals surface area (Å²) in [6.45, 7) is 7.52. The number of aromatic hydroxyl groups is 1. The second kappa shape index (κ2) is 8.41. The van der Waals surface area contributed by atoms with Crippen LogP contribution in [0, 0.1) is 6.92 Å². The minimum atomic E-state index is 0.248. The predicted molar refractivity (Wildman–Crippen MR) is 115 cm³/mol. The molecule has 0 spiro atoms. The Kier molecular flexibility index (Phi) is 5.73. The Labute approximate surface area is 169 Å². The van der Waals surface area contributed by atoms with Gasteiger partial charge in [0.15, 0.2) is 0 Å². The van der Waals surface area contributed by atoms with E-state index in [9.17, 15) is 5.11 Å². The summed E-state index contributed by atoms with van der Waals surface area (Å²) in [6.07, 6.45) is 4.80. The molecular formula is C21H27N5OS. The first-order valence-corrected chi connectivity index (χ1v) is 10.9. The monoisotopic (exact) mass is 397 g/mol. The van der Waals surface area contributed by atoms with Gasteiger partial charge in [0, 0.05) is 28.2 Å². The SMILES string of the molecule is CCCCN1CCC[C@@H](Nc2nnc(-c3ccc4sccc4c3O)c(C)n2)C1. The number of anilines is 1. The maximum absolute atomic E-state index is 10.6. The van der Waals surface area contributed by atoms with Crippen LogP contribution in [-0.2, 0) is 0 Å². The lowest BCUT2D eigenvalue weighted by Crippen LogP contribution is -2.42. The number of likely N-dealkylation sites (tertiary alicyclic amines) is 1. The van der Waals surface area contributed by atoms with E-state index in [2.05, 4.69) is 32.3 Å². The van der Waals surface area contributed by atoms with Gasteiger partial charge in [0.2, 0.25) is 5.95 Å². The van der Waals surface area contributed by atoms with Crippen molar-refractivity contribution in [2.24, 2.45) is 0 Å². The summed E-state index contributed by atoms with van der Waals surface area (Å²) >= 11 is 1.61. The zero-order chi connectivity index (χ0) is 19.5. The number of nitrogens with zero attached hydrogens (tertiary/aromatic N) is 4. The smallest absolute Gasteiger partial charge is 0.243 e. The van der Waals surface area contributed by atoms with Gasteiger partial charge in [-0.1, -0.05) is 13.3 Å². The average Bonchev–Trinajstić information content (AvgIpc) is 3.18. The Morgan fingerprint density at radius 1 is 1.29 bits per heavy atom. The molecule has 1 atom stereocenters. The van der Waals surface area contributed by atoms with Crippen LogP contribution in [0.2, 0.25) is 0 Å². The highest BCUT2D eigenvalue weighted by Crippen LogP contribution is 2.37. The fourth-order valence-corrected chi connectivity index (χ4v) is 4.66. The van der Waals surface area contributed by atoms with Crippen molar-refractivity contribution in [2.45, 2.75) is 45.6 Å². The highest BCUT2D eigenvalue weighted by Gasteiger charge is 2.21. The highest BCUT2D eigenvalue weighted by atomic mass is 32.1. The summed E-state index contributed by atoms with van der Waals surface area (Å²) in [6, 6.07) is 6.19. The van der Waals surface area contributed by atoms with E-state index in [4.69, 9.17) is 0 Å². The third-order valence-electron chi connectivity index (χ3n) is 5.39. The van der Waals surface area contributed by atoms with E-state index in [1.54, 1.807) is 11.3 Å². The number of benzene rings is 1. The van der Waals surface area contributed by atoms with Gasteiger partial charge in [-0.05, 0) is 62.9 Å². The van der Waals surface area contributed by atoms with Crippen LogP contribution in [0.25, 0.3) is 21.3 Å². The molecule has 2 N–H and O–H groups in total. The van der Waals surface area contributed by atoms with Gasteiger partial charge >= 0.3 is 0 Å². The predicted octanol–water partition coefficient (Wildman–Crippen LogP) is 4.44. The Bertz CT molecular complexity index is 957. The number of aromatic nitrogens is 3. The summed E-state index contributed by atoms with van der Waals surface area (Å²) in [5, 5.41) is 25.6. The van der Waals surface area contributed by atoms with Crippen molar-refractivity contribution in [3.05, 3.63) is 29.3 Å². The number of nitrogens with one attached hydrogen (secondary N) is 1. The van der Waals surface area contributed by atoms with Crippen molar-refractivity contribution in [3.63, 3.8) is 0 Å². The first kappa shape index (κ1) is 19.1. The number of piperidine rings is 1. The van der Waals surface area contributed by atoms with Gasteiger partial charge in [0.25, 0.3) is 0 Å². The van der Waals surface area contributed by atoms with Crippen LogP contribution in [0.5, 0.6) is 5.75 Å². The van der Waals surface area contributed by atoms with Crippen molar-refractivity contribution >= 4 is 27.4 Å². The molecule has 0 amide bonds. The average molecular weight is 398 g/mol. The van der Waals surface area contributed by atoms with Crippen molar-refractivity contribution in [1.82, 2.24) is 20.1 Å². The number of fused-ring (bicyclic) bond motifs is 1. The van der Waals surface area contributed by atoms with Crippen LogP contribution in [0.4, 0.5) is 5.95 Å². The molecule has 0 bridgehead atoms. The second-order valence-corrected chi connectivity index (χ2v) is 8.45. The summed E-state index contributed by atoms with van der Waals surface area (Å²) in [4.78, 5) is 7.15. The molecule has 1 aliphatic heterocycles. The number of aryl methyl sites for hydroxylation is 1. The number of hydrogen-bond donors (Lipinski definition) is 2. The number of unbranched alkanes of at least 4 members (excludes halogenated alkanes) is 1. The number of thiophene rings is 1. The molecule has 3 aromatic rings. The molecular weight excluding hydrogens is 370 g/mol. The Balaban J connectivity index is 1.50. The van der Waals surface area contributed by atoms with Crippen molar-refractivity contribution in [2.75, 3.05) is 25.0 Å². The second-order valence-electron chi connectivity index (χ2n) is 7.50. The summed E-state index contributed by atoms with van der Waals surface area (Å²) < 4.78 is 1.06. The van der Waals surface area contributed by atoms with Crippen molar-refractivity contribution in [3.8, 4) is 17.0 Å². The summed E-state index contributed by atoms with van der Waals surface area (Å²) in [5.41, 5.74) is 2.07. The van der Waals surface area contributed by atoms with E-state index in [1.165, 1.54) is 25.8 Å². The number of phenols is 1. The molecule has 0 saturated carbocycles. The topological polar surface area (TPSA) is 74.2 Å². The van der Waals surface area contributed by atoms with Gasteiger partial charge in [0.05, 0.1) is 5.69 Å². The molecule has 2 aromatic heterocycles. The first-order valence-electron chi connectivity index (χ1n) is 10.1. The Morgan fingerprint density at radius 3 is 3.00 bits per heavy atom. The van der Waals surface area contributed by atoms with Crippen LogP contribution >= 0.6 is 11.3 Å². The maximum atomic E-state index is 10.6. The number of hydrogen-bond acceptors (Lipinski definition) is 7. The van der Waals surface area contributed by atoms with Gasteiger partial charge in [-0.3, -0.25) is 0 Å². The zero-order valence-electron chi connectivity index (χ0n) is 16.5. The normalized spacial score (nSPS) is 17.9. The molecule has 0 aliphatic carbocycles. The van der Waals surface area contributed by atoms with Crippen LogP contribution in [0.1, 0.15) is 38.3 Å². The molecule has 3 heterocycles. The molecule has 0 unspecified atom stereocenters. The maximum Gasteiger partial charge on any atom is 0.243 e. The van der Waals surface area contributed by atoms with E-state index < -0.39 is 0 Å². The van der Waals surface area contributed by atoms with Crippen LogP contribution in [0.3, 0.4) is 0 Å². The fraction of sp³-hybridized carbons (Fsp3) is 0.476. The van der Waals surface area contributed by atoms with Gasteiger partial charge in [-0.25, -0.2) is 4.98 Å². The molecule has 1 fully saturated rings. The van der Waals surface area contributed by atoms with Gasteiger partial charge in [-0.15, -0.1) is 21.5 Å². The lowest BCUT2D eigenvalue weighted by atomic mass is 10.1. The molecule has 28 heavy (non-hydrogen) atoms. The third-order valence-corrected chi connectivity index (χ3v) is 6.27. The number of phenolic OH excluding ortho intramolecular Hbond substituents is 1. The molecule has 6 nitrogen and oxygen atoms in total. The van der Waals surface area contributed by atoms with E-state index >= 15 is 0 Å². The largest absolute Gasteiger partial charge is 0.507 e. The van der Waals surface area contributed by atoms with Crippen LogP contribution in [-0.4, -0.2) is 50.9 Å². The Hall–Kier alpha value is -2.25. The quantitative estimate of drug-likeness (QED) is 0.640. The van der Waals surface area contributed by atoms with E-state index in [1.807, 2.05) is 30.5 Å². The van der Waals surface area contributed by atoms with E-state index in [-0.39, 0.29) is 5.75 Å². The van der Waals surface area contributed by atoms with Crippen molar-refractivity contribution in [1.29, 1.82) is 0 Å². The summed E-state index contributed by atoms with van der Waals surface area (Å²) in [7, 11) is 0. The Morgan fingerprint density at radius 2 is 2.18 bits per heavy atom. The highest BCUT2D eigenvalue weighted by molar-refractivity contribution is 7.17. The van der Waals surface area contributed by atoms with Gasteiger partial charge < -0.3 is 15.3 Å². The molecule has 0 radical (unpaired) electrons. The molecule has 1 aromatic carbocycles. The minimum Gasteiger partial charge on any atom is -0.507 e. The van der Waals surface area contributed by atoms with Gasteiger partial charge in [0.1, 0.15) is 11.4 Å². The lowest BCUT2D eigenvalue weighted by molar-refractivity contribution is 0.213. The third kappa shape index (κ3) is 3.95. The molecule has 7 heteroatoms. The standard InChI is InChI=1S/C21H27N5OS/c1-3-4-10-26-11-5-6-15(13-26)23-21-22-14(2)19(24-25-21)17-7-8-18-16(20(17)27)9-12-28-18/h7-9,12,15,27H,3-6,10-11,13H2,1-2H3,(H,22,23,25)/t15-/m1/s1. The van der Waals surface area contributed by atoms with Crippen LogP contribution < -0.4 is 5.32 Å². The lowest BCUT2D eigenvalue weighted by Gasteiger charge is -2.33. The summed E-state index contributed by atoms with van der Waals surface area (Å²) in [5.74, 6) is 0.817. The van der Waals surface area contributed by atoms with Crippen LogP contribution in [0.15, 0.2) is 23.6 Å². The van der Waals surface area contributed by atoms with Crippen molar-refractivity contribution < 1.29 is 5.11 Å². The first-order chi connectivity index (χ1) is 13.7. The number of rotatable bonds is 6. The zero-order valence-corrected chi connectivity index (χ0v) is 17.3. The van der Waals surface area contributed by atoms with Gasteiger partial charge in [-0.2, -0.15) is 0 Å². The van der Waals surface area contributed by atoms with E-state index in [0.717, 1.165) is 35.3 Å².